The largest absolute Gasteiger partial charge is 0.490 e. The van der Waals surface area contributed by atoms with Crippen molar-refractivity contribution >= 4 is 17.8 Å². The zero-order valence-corrected chi connectivity index (χ0v) is 21.6. The van der Waals surface area contributed by atoms with Crippen LogP contribution < -0.4 is 0 Å². The van der Waals surface area contributed by atoms with Crippen LogP contribution in [0.2, 0.25) is 0 Å². The highest BCUT2D eigenvalue weighted by molar-refractivity contribution is 5.76. The molecule has 2 aliphatic heterocycles. The second-order valence-corrected chi connectivity index (χ2v) is 8.91. The van der Waals surface area contributed by atoms with Crippen LogP contribution in [0.4, 0.5) is 26.3 Å². The molecule has 1 aromatic heterocycles. The SMILES string of the molecule is CCN1C[C@H]2[C@@H](C1)N(Cc1ccccn1)CC[C@H]2OCC(=O)N(C)C.O=C(O)C(F)(F)F.O=C(O)C(F)(F)F. The van der Waals surface area contributed by atoms with Crippen LogP contribution in [-0.4, -0.2) is 119 Å². The number of likely N-dealkylation sites (N-methyl/N-ethyl adjacent to an activating group) is 2. The lowest BCUT2D eigenvalue weighted by molar-refractivity contribution is -0.193. The van der Waals surface area contributed by atoms with Gasteiger partial charge >= 0.3 is 24.3 Å². The summed E-state index contributed by atoms with van der Waals surface area (Å²) in [6.07, 6.45) is -7.15. The van der Waals surface area contributed by atoms with Crippen LogP contribution in [0.1, 0.15) is 19.0 Å². The molecule has 0 bridgehead atoms. The monoisotopic (exact) mass is 574 g/mol. The Morgan fingerprint density at radius 2 is 1.62 bits per heavy atom. The summed E-state index contributed by atoms with van der Waals surface area (Å²) in [5, 5.41) is 14.2. The van der Waals surface area contributed by atoms with Crippen LogP contribution in [0.3, 0.4) is 0 Å². The Kier molecular flexibility index (Phi) is 13.1. The molecule has 0 aromatic carbocycles. The molecule has 16 heteroatoms. The lowest BCUT2D eigenvalue weighted by Gasteiger charge is -2.41. The summed E-state index contributed by atoms with van der Waals surface area (Å²) in [6, 6.07) is 6.59. The van der Waals surface area contributed by atoms with Crippen molar-refractivity contribution in [3.63, 3.8) is 0 Å². The van der Waals surface area contributed by atoms with Crippen molar-refractivity contribution in [3.8, 4) is 0 Å². The molecule has 222 valence electrons. The number of piperidine rings is 1. The van der Waals surface area contributed by atoms with Crippen molar-refractivity contribution in [2.24, 2.45) is 5.92 Å². The summed E-state index contributed by atoms with van der Waals surface area (Å²) in [6.45, 7) is 7.49. The van der Waals surface area contributed by atoms with E-state index in [4.69, 9.17) is 24.5 Å². The average molecular weight is 575 g/mol. The van der Waals surface area contributed by atoms with Crippen LogP contribution in [0, 0.1) is 5.92 Å². The normalized spacial score (nSPS) is 21.5. The van der Waals surface area contributed by atoms with Gasteiger partial charge in [-0.25, -0.2) is 9.59 Å². The Balaban J connectivity index is 0.000000449. The summed E-state index contributed by atoms with van der Waals surface area (Å²) in [7, 11) is 3.55. The van der Waals surface area contributed by atoms with Gasteiger partial charge in [0.2, 0.25) is 5.91 Å². The number of pyridine rings is 1. The molecular weight excluding hydrogens is 542 g/mol. The maximum atomic E-state index is 11.9. The minimum atomic E-state index is -5.08. The molecule has 0 aliphatic carbocycles. The first kappa shape index (κ1) is 34.0. The zero-order valence-electron chi connectivity index (χ0n) is 21.6. The van der Waals surface area contributed by atoms with Gasteiger partial charge in [-0.1, -0.05) is 13.0 Å². The number of alkyl halides is 6. The Morgan fingerprint density at radius 3 is 2.05 bits per heavy atom. The number of likely N-dealkylation sites (tertiary alicyclic amines) is 2. The van der Waals surface area contributed by atoms with E-state index in [-0.39, 0.29) is 18.6 Å². The molecule has 1 amide bonds. The van der Waals surface area contributed by atoms with Crippen LogP contribution in [-0.2, 0) is 25.7 Å². The number of ether oxygens (including phenoxy) is 1. The number of hydrogen-bond acceptors (Lipinski definition) is 7. The van der Waals surface area contributed by atoms with Gasteiger partial charge in [-0.05, 0) is 25.1 Å². The van der Waals surface area contributed by atoms with Gasteiger partial charge in [0.05, 0.1) is 11.8 Å². The maximum Gasteiger partial charge on any atom is 0.490 e. The van der Waals surface area contributed by atoms with Gasteiger partial charge < -0.3 is 24.7 Å². The molecule has 0 spiro atoms. The molecule has 0 saturated carbocycles. The van der Waals surface area contributed by atoms with Gasteiger partial charge in [0, 0.05) is 58.4 Å². The first-order chi connectivity index (χ1) is 18.0. The van der Waals surface area contributed by atoms with E-state index in [1.54, 1.807) is 19.0 Å². The van der Waals surface area contributed by atoms with E-state index >= 15 is 0 Å². The number of carbonyl (C=O) groups is 3. The van der Waals surface area contributed by atoms with E-state index in [1.807, 2.05) is 12.3 Å². The molecular formula is C23H32F6N4O6. The third-order valence-corrected chi connectivity index (χ3v) is 6.00. The highest BCUT2D eigenvalue weighted by Gasteiger charge is 2.44. The molecule has 3 atom stereocenters. The Labute approximate surface area is 221 Å². The minimum Gasteiger partial charge on any atom is -0.475 e. The molecule has 2 saturated heterocycles. The van der Waals surface area contributed by atoms with E-state index in [0.29, 0.717) is 12.0 Å². The molecule has 39 heavy (non-hydrogen) atoms. The van der Waals surface area contributed by atoms with Gasteiger partial charge in [0.25, 0.3) is 0 Å². The summed E-state index contributed by atoms with van der Waals surface area (Å²) >= 11 is 0. The Hall–Kier alpha value is -2.98. The third-order valence-electron chi connectivity index (χ3n) is 6.00. The number of carboxylic acids is 2. The van der Waals surface area contributed by atoms with Crippen LogP contribution in [0.5, 0.6) is 0 Å². The van der Waals surface area contributed by atoms with Gasteiger partial charge in [-0.15, -0.1) is 0 Å². The highest BCUT2D eigenvalue weighted by atomic mass is 19.4. The molecule has 2 fully saturated rings. The molecule has 0 radical (unpaired) electrons. The van der Waals surface area contributed by atoms with Crippen molar-refractivity contribution < 1.29 is 55.7 Å². The average Bonchev–Trinajstić information content (AvgIpc) is 3.29. The van der Waals surface area contributed by atoms with Crippen molar-refractivity contribution in [2.45, 2.75) is 44.4 Å². The van der Waals surface area contributed by atoms with E-state index in [0.717, 1.165) is 44.8 Å². The second kappa shape index (κ2) is 15.0. The Bertz CT molecular complexity index is 908. The number of nitrogens with zero attached hydrogens (tertiary/aromatic N) is 4. The predicted octanol–water partition coefficient (Wildman–Crippen LogP) is 2.35. The summed E-state index contributed by atoms with van der Waals surface area (Å²) in [4.78, 5) is 40.8. The lowest BCUT2D eigenvalue weighted by atomic mass is 9.89. The van der Waals surface area contributed by atoms with E-state index in [2.05, 4.69) is 33.8 Å². The van der Waals surface area contributed by atoms with Crippen LogP contribution >= 0.6 is 0 Å². The number of rotatable bonds is 6. The number of halogens is 6. The fourth-order valence-electron chi connectivity index (χ4n) is 3.99. The maximum absolute atomic E-state index is 11.9. The number of carboxylic acid groups (broad SMARTS) is 2. The van der Waals surface area contributed by atoms with Crippen LogP contribution in [0.25, 0.3) is 0 Å². The van der Waals surface area contributed by atoms with Gasteiger partial charge in [-0.2, -0.15) is 26.3 Å². The molecule has 3 rings (SSSR count). The first-order valence-electron chi connectivity index (χ1n) is 11.8. The number of fused-ring (bicyclic) bond motifs is 1. The fraction of sp³-hybridized carbons (Fsp3) is 0.652. The standard InChI is InChI=1S/C19H30N4O2.2C2HF3O2/c1-4-22-12-16-17(13-22)23(11-15-7-5-6-9-20-15)10-8-18(16)25-14-19(24)21(2)3;2*3-2(4,5)1(6)7/h5-7,9,16-18H,4,8,10-14H2,1-3H3;2*(H,6,7)/t16-,17+,18+;;/m0../s1. The van der Waals surface area contributed by atoms with E-state index in [1.165, 1.54) is 0 Å². The number of aromatic nitrogens is 1. The number of amides is 1. The fourth-order valence-corrected chi connectivity index (χ4v) is 3.99. The topological polar surface area (TPSA) is 124 Å². The Morgan fingerprint density at radius 1 is 1.05 bits per heavy atom. The summed E-state index contributed by atoms with van der Waals surface area (Å²) < 4.78 is 69.5. The summed E-state index contributed by atoms with van der Waals surface area (Å²) in [5.74, 6) is -5.01. The van der Waals surface area contributed by atoms with Crippen molar-refractivity contribution in [3.05, 3.63) is 30.1 Å². The van der Waals surface area contributed by atoms with Gasteiger partial charge in [0.1, 0.15) is 6.61 Å². The summed E-state index contributed by atoms with van der Waals surface area (Å²) in [5.41, 5.74) is 1.12. The zero-order chi connectivity index (χ0) is 30.0. The molecule has 2 N–H and O–H groups in total. The third kappa shape index (κ3) is 11.7. The van der Waals surface area contributed by atoms with Crippen molar-refractivity contribution in [2.75, 3.05) is 46.9 Å². The quantitative estimate of drug-likeness (QED) is 0.493. The molecule has 3 heterocycles. The van der Waals surface area contributed by atoms with Crippen molar-refractivity contribution in [1.82, 2.24) is 19.7 Å². The first-order valence-corrected chi connectivity index (χ1v) is 11.8. The van der Waals surface area contributed by atoms with Gasteiger partial charge in [-0.3, -0.25) is 14.7 Å². The molecule has 1 aromatic rings. The van der Waals surface area contributed by atoms with E-state index in [9.17, 15) is 31.1 Å². The second-order valence-electron chi connectivity index (χ2n) is 8.91. The predicted molar refractivity (Wildman–Crippen MR) is 124 cm³/mol. The smallest absolute Gasteiger partial charge is 0.475 e. The van der Waals surface area contributed by atoms with Crippen LogP contribution in [0.15, 0.2) is 24.4 Å². The molecule has 2 aliphatic rings. The number of carbonyl (C=O) groups excluding carboxylic acids is 1. The molecule has 0 unspecified atom stereocenters. The van der Waals surface area contributed by atoms with E-state index < -0.39 is 24.3 Å². The highest BCUT2D eigenvalue weighted by Crippen LogP contribution is 2.33. The number of aliphatic carboxylic acids is 2. The number of hydrogen-bond donors (Lipinski definition) is 2. The lowest BCUT2D eigenvalue weighted by Crippen LogP contribution is -2.51. The molecule has 10 nitrogen and oxygen atoms in total. The van der Waals surface area contributed by atoms with Gasteiger partial charge in [0.15, 0.2) is 0 Å². The minimum absolute atomic E-state index is 0.0396. The van der Waals surface area contributed by atoms with Crippen molar-refractivity contribution in [1.29, 1.82) is 0 Å².